The number of nitrogens with zero attached hydrogens (tertiary/aromatic N) is 3. The minimum absolute atomic E-state index is 0.0849. The van der Waals surface area contributed by atoms with Gasteiger partial charge in [0.15, 0.2) is 0 Å². The standard InChI is InChI=1S/C18H15N3OS/c1-11-6-7-19-8-14(11)16-10-23-17(20-16)12-4-3-5-13-15(12)9-21(2)18(13)22/h3-8,10H,9H2,1-2H3. The molecule has 4 rings (SSSR count). The Labute approximate surface area is 138 Å². The van der Waals surface area contributed by atoms with E-state index in [0.717, 1.165) is 38.5 Å². The van der Waals surface area contributed by atoms with Gasteiger partial charge in [0.25, 0.3) is 5.91 Å². The van der Waals surface area contributed by atoms with Gasteiger partial charge < -0.3 is 4.90 Å². The van der Waals surface area contributed by atoms with Gasteiger partial charge in [-0.05, 0) is 30.2 Å². The molecule has 1 aliphatic heterocycles. The van der Waals surface area contributed by atoms with E-state index in [0.29, 0.717) is 6.54 Å². The summed E-state index contributed by atoms with van der Waals surface area (Å²) >= 11 is 1.61. The molecule has 1 aliphatic rings. The first kappa shape index (κ1) is 14.1. The van der Waals surface area contributed by atoms with Crippen LogP contribution in [0.25, 0.3) is 21.8 Å². The van der Waals surface area contributed by atoms with Crippen molar-refractivity contribution in [3.63, 3.8) is 0 Å². The number of aromatic nitrogens is 2. The van der Waals surface area contributed by atoms with Crippen molar-refractivity contribution in [2.75, 3.05) is 7.05 Å². The molecule has 0 saturated carbocycles. The molecule has 0 unspecified atom stereocenters. The van der Waals surface area contributed by atoms with Gasteiger partial charge in [-0.3, -0.25) is 9.78 Å². The second-order valence-corrected chi connectivity index (χ2v) is 6.58. The van der Waals surface area contributed by atoms with Gasteiger partial charge in [0.05, 0.1) is 5.69 Å². The van der Waals surface area contributed by atoms with E-state index in [2.05, 4.69) is 17.3 Å². The third-order valence-electron chi connectivity index (χ3n) is 4.20. The fraction of sp³-hybridized carbons (Fsp3) is 0.167. The summed E-state index contributed by atoms with van der Waals surface area (Å²) in [4.78, 5) is 22.9. The summed E-state index contributed by atoms with van der Waals surface area (Å²) in [7, 11) is 1.83. The highest BCUT2D eigenvalue weighted by molar-refractivity contribution is 7.13. The predicted octanol–water partition coefficient (Wildman–Crippen LogP) is 3.77. The highest BCUT2D eigenvalue weighted by Crippen LogP contribution is 2.35. The molecule has 5 heteroatoms. The molecule has 2 aromatic heterocycles. The summed E-state index contributed by atoms with van der Waals surface area (Å²) in [5, 5.41) is 3.00. The lowest BCUT2D eigenvalue weighted by molar-refractivity contribution is 0.0816. The number of benzene rings is 1. The first-order valence-corrected chi connectivity index (χ1v) is 8.27. The lowest BCUT2D eigenvalue weighted by atomic mass is 10.0. The molecule has 0 radical (unpaired) electrons. The molecule has 0 atom stereocenters. The van der Waals surface area contributed by atoms with Crippen LogP contribution in [0.1, 0.15) is 21.5 Å². The maximum atomic E-state index is 12.2. The molecular weight excluding hydrogens is 306 g/mol. The van der Waals surface area contributed by atoms with Crippen molar-refractivity contribution in [3.05, 3.63) is 58.7 Å². The summed E-state index contributed by atoms with van der Waals surface area (Å²) < 4.78 is 0. The van der Waals surface area contributed by atoms with Crippen LogP contribution in [-0.2, 0) is 6.54 Å². The quantitative estimate of drug-likeness (QED) is 0.722. The number of pyridine rings is 1. The third-order valence-corrected chi connectivity index (χ3v) is 5.07. The molecule has 0 bridgehead atoms. The number of thiazole rings is 1. The molecule has 1 amide bonds. The Hall–Kier alpha value is -2.53. The maximum Gasteiger partial charge on any atom is 0.254 e. The van der Waals surface area contributed by atoms with Gasteiger partial charge in [-0.2, -0.15) is 0 Å². The average Bonchev–Trinajstić information content (AvgIpc) is 3.14. The van der Waals surface area contributed by atoms with Crippen molar-refractivity contribution in [2.45, 2.75) is 13.5 Å². The second-order valence-electron chi connectivity index (χ2n) is 5.72. The van der Waals surface area contributed by atoms with Gasteiger partial charge in [-0.1, -0.05) is 12.1 Å². The highest BCUT2D eigenvalue weighted by atomic mass is 32.1. The van der Waals surface area contributed by atoms with Crippen LogP contribution >= 0.6 is 11.3 Å². The van der Waals surface area contributed by atoms with Crippen LogP contribution < -0.4 is 0 Å². The third kappa shape index (κ3) is 2.24. The van der Waals surface area contributed by atoms with E-state index in [-0.39, 0.29) is 5.91 Å². The van der Waals surface area contributed by atoms with E-state index in [1.165, 1.54) is 0 Å². The Morgan fingerprint density at radius 3 is 2.83 bits per heavy atom. The predicted molar refractivity (Wildman–Crippen MR) is 91.3 cm³/mol. The smallest absolute Gasteiger partial charge is 0.254 e. The number of rotatable bonds is 2. The van der Waals surface area contributed by atoms with Crippen LogP contribution in [0.15, 0.2) is 42.0 Å². The molecule has 3 heterocycles. The Bertz CT molecular complexity index is 916. The summed E-state index contributed by atoms with van der Waals surface area (Å²) in [6.45, 7) is 2.70. The molecule has 1 aromatic carbocycles. The summed E-state index contributed by atoms with van der Waals surface area (Å²) in [5.74, 6) is 0.0849. The average molecular weight is 321 g/mol. The molecule has 0 saturated heterocycles. The summed E-state index contributed by atoms with van der Waals surface area (Å²) in [6.07, 6.45) is 3.64. The molecule has 0 aliphatic carbocycles. The number of carbonyl (C=O) groups excluding carboxylic acids is 1. The van der Waals surface area contributed by atoms with E-state index >= 15 is 0 Å². The number of carbonyl (C=O) groups is 1. The number of aryl methyl sites for hydroxylation is 1. The van der Waals surface area contributed by atoms with Gasteiger partial charge in [0.2, 0.25) is 0 Å². The summed E-state index contributed by atoms with van der Waals surface area (Å²) in [6, 6.07) is 7.86. The van der Waals surface area contributed by atoms with Crippen LogP contribution in [-0.4, -0.2) is 27.8 Å². The first-order chi connectivity index (χ1) is 11.1. The maximum absolute atomic E-state index is 12.2. The van der Waals surface area contributed by atoms with Crippen LogP contribution in [0.2, 0.25) is 0 Å². The van der Waals surface area contributed by atoms with Crippen molar-refractivity contribution < 1.29 is 4.79 Å². The molecule has 23 heavy (non-hydrogen) atoms. The van der Waals surface area contributed by atoms with Crippen molar-refractivity contribution in [3.8, 4) is 21.8 Å². The second kappa shape index (κ2) is 5.28. The van der Waals surface area contributed by atoms with Crippen molar-refractivity contribution in [2.24, 2.45) is 0 Å². The number of hydrogen-bond acceptors (Lipinski definition) is 4. The van der Waals surface area contributed by atoms with Gasteiger partial charge in [0.1, 0.15) is 5.01 Å². The molecular formula is C18H15N3OS. The minimum atomic E-state index is 0.0849. The van der Waals surface area contributed by atoms with Crippen LogP contribution in [0, 0.1) is 6.92 Å². The zero-order valence-corrected chi connectivity index (χ0v) is 13.7. The minimum Gasteiger partial charge on any atom is -0.337 e. The monoisotopic (exact) mass is 321 g/mol. The number of hydrogen-bond donors (Lipinski definition) is 0. The normalized spacial score (nSPS) is 13.5. The summed E-state index contributed by atoms with van der Waals surface area (Å²) in [5.41, 5.74) is 6.06. The number of amides is 1. The topological polar surface area (TPSA) is 46.1 Å². The lowest BCUT2D eigenvalue weighted by Gasteiger charge is -2.06. The SMILES string of the molecule is Cc1ccncc1-c1csc(-c2cccc3c2CN(C)C3=O)n1. The Kier molecular flexibility index (Phi) is 3.23. The zero-order valence-electron chi connectivity index (χ0n) is 12.9. The lowest BCUT2D eigenvalue weighted by Crippen LogP contribution is -2.17. The largest absolute Gasteiger partial charge is 0.337 e. The Balaban J connectivity index is 1.80. The Morgan fingerprint density at radius 1 is 1.17 bits per heavy atom. The van der Waals surface area contributed by atoms with Crippen LogP contribution in [0.3, 0.4) is 0 Å². The van der Waals surface area contributed by atoms with Gasteiger partial charge in [-0.15, -0.1) is 11.3 Å². The van der Waals surface area contributed by atoms with Crippen LogP contribution in [0.4, 0.5) is 0 Å². The molecule has 3 aromatic rings. The van der Waals surface area contributed by atoms with Gasteiger partial charge in [0, 0.05) is 48.1 Å². The van der Waals surface area contributed by atoms with E-state index in [1.54, 1.807) is 22.4 Å². The van der Waals surface area contributed by atoms with E-state index in [1.807, 2.05) is 37.5 Å². The molecule has 114 valence electrons. The number of fused-ring (bicyclic) bond motifs is 1. The molecule has 0 spiro atoms. The molecule has 4 nitrogen and oxygen atoms in total. The van der Waals surface area contributed by atoms with E-state index in [4.69, 9.17) is 4.98 Å². The molecule has 0 fully saturated rings. The van der Waals surface area contributed by atoms with Crippen molar-refractivity contribution in [1.29, 1.82) is 0 Å². The fourth-order valence-corrected chi connectivity index (χ4v) is 3.80. The van der Waals surface area contributed by atoms with Gasteiger partial charge >= 0.3 is 0 Å². The van der Waals surface area contributed by atoms with Gasteiger partial charge in [-0.25, -0.2) is 4.98 Å². The van der Waals surface area contributed by atoms with Crippen molar-refractivity contribution >= 4 is 17.2 Å². The highest BCUT2D eigenvalue weighted by Gasteiger charge is 2.27. The van der Waals surface area contributed by atoms with E-state index < -0.39 is 0 Å². The fourth-order valence-electron chi connectivity index (χ4n) is 2.93. The molecule has 0 N–H and O–H groups in total. The Morgan fingerprint density at radius 2 is 2.00 bits per heavy atom. The van der Waals surface area contributed by atoms with E-state index in [9.17, 15) is 4.79 Å². The van der Waals surface area contributed by atoms with Crippen molar-refractivity contribution in [1.82, 2.24) is 14.9 Å². The van der Waals surface area contributed by atoms with Crippen LogP contribution in [0.5, 0.6) is 0 Å². The zero-order chi connectivity index (χ0) is 16.0. The first-order valence-electron chi connectivity index (χ1n) is 7.39.